The number of likely N-dealkylation sites (N-methyl/N-ethyl adjacent to an activating group) is 2. The van der Waals surface area contributed by atoms with E-state index in [9.17, 15) is 19.7 Å². The molecule has 0 saturated carbocycles. The lowest BCUT2D eigenvalue weighted by Gasteiger charge is -2.22. The first-order valence-corrected chi connectivity index (χ1v) is 7.54. The fourth-order valence-corrected chi connectivity index (χ4v) is 2.41. The van der Waals surface area contributed by atoms with E-state index in [1.807, 2.05) is 13.8 Å². The van der Waals surface area contributed by atoms with Crippen molar-refractivity contribution in [1.82, 2.24) is 20.0 Å². The molecule has 2 amide bonds. The van der Waals surface area contributed by atoms with Crippen molar-refractivity contribution >= 4 is 28.4 Å². The number of aromatic amines is 1. The Labute approximate surface area is 138 Å². The van der Waals surface area contributed by atoms with Gasteiger partial charge in [-0.25, -0.2) is 0 Å². The summed E-state index contributed by atoms with van der Waals surface area (Å²) in [5.41, 5.74) is 0.454. The Kier molecular flexibility index (Phi) is 5.12. The van der Waals surface area contributed by atoms with Gasteiger partial charge in [0.1, 0.15) is 0 Å². The molecule has 2 rings (SSSR count). The number of nitrogens with one attached hydrogen (secondary N) is 1. The molecule has 1 heterocycles. The number of aromatic nitrogens is 2. The Bertz CT molecular complexity index is 781. The number of carbonyl (C=O) groups is 2. The van der Waals surface area contributed by atoms with E-state index in [0.717, 1.165) is 0 Å². The summed E-state index contributed by atoms with van der Waals surface area (Å²) in [6, 6.07) is 4.13. The molecule has 9 nitrogen and oxygen atoms in total. The van der Waals surface area contributed by atoms with Gasteiger partial charge in [-0.2, -0.15) is 5.10 Å². The zero-order valence-electron chi connectivity index (χ0n) is 13.8. The second-order valence-corrected chi connectivity index (χ2v) is 5.29. The molecular formula is C15H19N5O4. The number of rotatable bonds is 6. The maximum Gasteiger partial charge on any atom is 0.275 e. The van der Waals surface area contributed by atoms with Crippen LogP contribution in [-0.2, 0) is 4.79 Å². The van der Waals surface area contributed by atoms with E-state index in [1.165, 1.54) is 30.1 Å². The molecular weight excluding hydrogens is 314 g/mol. The molecule has 1 aromatic carbocycles. The van der Waals surface area contributed by atoms with Crippen LogP contribution in [0.2, 0.25) is 0 Å². The molecule has 0 atom stereocenters. The predicted octanol–water partition coefficient (Wildman–Crippen LogP) is 1.41. The third kappa shape index (κ3) is 3.34. The second-order valence-electron chi connectivity index (χ2n) is 5.29. The molecule has 0 aliphatic rings. The molecule has 128 valence electrons. The quantitative estimate of drug-likeness (QED) is 0.634. The lowest BCUT2D eigenvalue weighted by molar-refractivity contribution is -0.384. The molecule has 0 radical (unpaired) electrons. The average Bonchev–Trinajstić information content (AvgIpc) is 2.98. The van der Waals surface area contributed by atoms with Gasteiger partial charge in [0.15, 0.2) is 5.69 Å². The van der Waals surface area contributed by atoms with Gasteiger partial charge in [-0.05, 0) is 19.9 Å². The number of benzene rings is 1. The van der Waals surface area contributed by atoms with Crippen LogP contribution in [0.5, 0.6) is 0 Å². The molecule has 0 bridgehead atoms. The molecule has 24 heavy (non-hydrogen) atoms. The number of non-ortho nitro benzene ring substituents is 1. The van der Waals surface area contributed by atoms with Crippen LogP contribution in [0.25, 0.3) is 10.9 Å². The van der Waals surface area contributed by atoms with E-state index in [0.29, 0.717) is 24.0 Å². The van der Waals surface area contributed by atoms with E-state index in [1.54, 1.807) is 4.90 Å². The van der Waals surface area contributed by atoms with Crippen molar-refractivity contribution in [3.05, 3.63) is 34.0 Å². The molecule has 2 aromatic rings. The van der Waals surface area contributed by atoms with Crippen molar-refractivity contribution in [2.75, 3.05) is 26.7 Å². The van der Waals surface area contributed by atoms with E-state index < -0.39 is 10.8 Å². The second kappa shape index (κ2) is 7.07. The minimum Gasteiger partial charge on any atom is -0.342 e. The van der Waals surface area contributed by atoms with Crippen molar-refractivity contribution in [1.29, 1.82) is 0 Å². The van der Waals surface area contributed by atoms with Gasteiger partial charge in [-0.15, -0.1) is 0 Å². The third-order valence-electron chi connectivity index (χ3n) is 3.80. The number of amides is 2. The van der Waals surface area contributed by atoms with Crippen LogP contribution in [0.4, 0.5) is 5.69 Å². The number of hydrogen-bond acceptors (Lipinski definition) is 5. The highest BCUT2D eigenvalue weighted by Crippen LogP contribution is 2.22. The Balaban J connectivity index is 2.25. The minimum absolute atomic E-state index is 0.0588. The van der Waals surface area contributed by atoms with Gasteiger partial charge in [-0.3, -0.25) is 24.8 Å². The lowest BCUT2D eigenvalue weighted by atomic mass is 10.1. The highest BCUT2D eigenvalue weighted by Gasteiger charge is 2.23. The summed E-state index contributed by atoms with van der Waals surface area (Å²) in [5, 5.41) is 17.9. The fraction of sp³-hybridized carbons (Fsp3) is 0.400. The molecule has 0 aliphatic heterocycles. The summed E-state index contributed by atoms with van der Waals surface area (Å²) in [7, 11) is 1.50. The number of carbonyl (C=O) groups excluding carboxylic acids is 2. The van der Waals surface area contributed by atoms with Gasteiger partial charge < -0.3 is 9.80 Å². The van der Waals surface area contributed by atoms with E-state index in [4.69, 9.17) is 0 Å². The van der Waals surface area contributed by atoms with Gasteiger partial charge >= 0.3 is 0 Å². The molecule has 1 aromatic heterocycles. The molecule has 0 fully saturated rings. The summed E-state index contributed by atoms with van der Waals surface area (Å²) in [6.07, 6.45) is 0. The van der Waals surface area contributed by atoms with Crippen molar-refractivity contribution < 1.29 is 14.5 Å². The van der Waals surface area contributed by atoms with Gasteiger partial charge in [-0.1, -0.05) is 0 Å². The molecule has 0 saturated heterocycles. The average molecular weight is 333 g/mol. The van der Waals surface area contributed by atoms with Gasteiger partial charge in [0, 0.05) is 37.7 Å². The van der Waals surface area contributed by atoms with E-state index in [2.05, 4.69) is 10.2 Å². The maximum atomic E-state index is 12.5. The highest BCUT2D eigenvalue weighted by atomic mass is 16.6. The number of nitro groups is 1. The van der Waals surface area contributed by atoms with Gasteiger partial charge in [0.25, 0.3) is 11.6 Å². The first kappa shape index (κ1) is 17.4. The minimum atomic E-state index is -0.533. The van der Waals surface area contributed by atoms with Crippen molar-refractivity contribution in [2.24, 2.45) is 0 Å². The molecule has 1 N–H and O–H groups in total. The Morgan fingerprint density at radius 1 is 1.29 bits per heavy atom. The molecule has 9 heteroatoms. The number of hydrogen-bond donors (Lipinski definition) is 1. The number of nitrogens with zero attached hydrogens (tertiary/aromatic N) is 4. The third-order valence-corrected chi connectivity index (χ3v) is 3.80. The predicted molar refractivity (Wildman–Crippen MR) is 87.6 cm³/mol. The van der Waals surface area contributed by atoms with E-state index in [-0.39, 0.29) is 23.8 Å². The zero-order chi connectivity index (χ0) is 17.9. The first-order valence-electron chi connectivity index (χ1n) is 7.54. The molecule has 0 spiro atoms. The topological polar surface area (TPSA) is 112 Å². The lowest BCUT2D eigenvalue weighted by Crippen LogP contribution is -2.41. The van der Waals surface area contributed by atoms with Crippen molar-refractivity contribution in [2.45, 2.75) is 13.8 Å². The van der Waals surface area contributed by atoms with Crippen LogP contribution >= 0.6 is 0 Å². The van der Waals surface area contributed by atoms with Gasteiger partial charge in [0.2, 0.25) is 5.91 Å². The normalized spacial score (nSPS) is 10.6. The number of H-pyrrole nitrogens is 1. The van der Waals surface area contributed by atoms with Crippen LogP contribution in [0.15, 0.2) is 18.2 Å². The summed E-state index contributed by atoms with van der Waals surface area (Å²) < 4.78 is 0. The highest BCUT2D eigenvalue weighted by molar-refractivity contribution is 6.05. The fourth-order valence-electron chi connectivity index (χ4n) is 2.41. The summed E-state index contributed by atoms with van der Waals surface area (Å²) in [5.74, 6) is -0.635. The summed E-state index contributed by atoms with van der Waals surface area (Å²) in [6.45, 7) is 4.78. The Hall–Kier alpha value is -2.97. The summed E-state index contributed by atoms with van der Waals surface area (Å²) >= 11 is 0. The zero-order valence-corrected chi connectivity index (χ0v) is 13.8. The Morgan fingerprint density at radius 2 is 1.96 bits per heavy atom. The van der Waals surface area contributed by atoms with Crippen LogP contribution in [-0.4, -0.2) is 63.4 Å². The van der Waals surface area contributed by atoms with Crippen LogP contribution in [0, 0.1) is 10.1 Å². The van der Waals surface area contributed by atoms with Crippen LogP contribution in [0.1, 0.15) is 24.3 Å². The Morgan fingerprint density at radius 3 is 2.54 bits per heavy atom. The first-order chi connectivity index (χ1) is 11.4. The standard InChI is InChI=1S/C15H19N5O4/c1-4-19(5-2)13(21)9-18(3)15(22)14-11-8-10(20(23)24)6-7-12(11)16-17-14/h6-8H,4-5,9H2,1-3H3,(H,16,17). The van der Waals surface area contributed by atoms with E-state index >= 15 is 0 Å². The number of nitro benzene ring substituents is 1. The SMILES string of the molecule is CCN(CC)C(=O)CN(C)C(=O)c1n[nH]c2ccc([N+](=O)[O-])cc12. The smallest absolute Gasteiger partial charge is 0.275 e. The van der Waals surface area contributed by atoms with Crippen molar-refractivity contribution in [3.8, 4) is 0 Å². The van der Waals surface area contributed by atoms with Crippen molar-refractivity contribution in [3.63, 3.8) is 0 Å². The monoisotopic (exact) mass is 333 g/mol. The largest absolute Gasteiger partial charge is 0.342 e. The summed E-state index contributed by atoms with van der Waals surface area (Å²) in [4.78, 5) is 37.9. The molecule has 0 unspecified atom stereocenters. The number of fused-ring (bicyclic) bond motifs is 1. The molecule has 0 aliphatic carbocycles. The van der Waals surface area contributed by atoms with Gasteiger partial charge in [0.05, 0.1) is 17.0 Å². The van der Waals surface area contributed by atoms with Crippen LogP contribution in [0.3, 0.4) is 0 Å². The van der Waals surface area contributed by atoms with Crippen LogP contribution < -0.4 is 0 Å². The maximum absolute atomic E-state index is 12.5.